The second-order valence-corrected chi connectivity index (χ2v) is 6.92. The van der Waals surface area contributed by atoms with E-state index in [0.717, 1.165) is 22.4 Å². The summed E-state index contributed by atoms with van der Waals surface area (Å²) < 4.78 is 5.45. The van der Waals surface area contributed by atoms with Gasteiger partial charge in [-0.05, 0) is 38.1 Å². The Labute approximate surface area is 157 Å². The third kappa shape index (κ3) is 4.85. The van der Waals surface area contributed by atoms with Crippen molar-refractivity contribution < 1.29 is 9.53 Å². The Balaban J connectivity index is 2.17. The molecule has 0 fully saturated rings. The largest absolute Gasteiger partial charge is 0.496 e. The average molecular weight is 354 g/mol. The van der Waals surface area contributed by atoms with E-state index < -0.39 is 0 Å². The van der Waals surface area contributed by atoms with Crippen LogP contribution in [0.1, 0.15) is 26.3 Å². The summed E-state index contributed by atoms with van der Waals surface area (Å²) in [6, 6.07) is 16.5. The second kappa shape index (κ2) is 9.39. The van der Waals surface area contributed by atoms with E-state index in [1.54, 1.807) is 7.11 Å². The topological polar surface area (TPSA) is 41.6 Å². The molecule has 0 spiro atoms. The molecule has 2 aromatic rings. The van der Waals surface area contributed by atoms with Crippen LogP contribution in [-0.2, 0) is 11.3 Å². The Hall–Kier alpha value is -2.33. The van der Waals surface area contributed by atoms with Gasteiger partial charge in [0.2, 0.25) is 5.91 Å². The fourth-order valence-electron chi connectivity index (χ4n) is 3.06. The molecule has 0 aliphatic rings. The molecule has 0 aliphatic heterocycles. The third-order valence-corrected chi connectivity index (χ3v) is 4.56. The molecule has 1 N–H and O–H groups in total. The van der Waals surface area contributed by atoms with E-state index >= 15 is 0 Å². The van der Waals surface area contributed by atoms with Crippen molar-refractivity contribution in [1.82, 2.24) is 10.2 Å². The maximum absolute atomic E-state index is 12.7. The summed E-state index contributed by atoms with van der Waals surface area (Å²) in [4.78, 5) is 14.7. The SMILES string of the molecule is CNCC(C)C(=O)N(Cc1ccc(-c2ccccc2OC)cc1)C(C)C. The van der Waals surface area contributed by atoms with Gasteiger partial charge in [0.1, 0.15) is 5.75 Å². The van der Waals surface area contributed by atoms with Gasteiger partial charge in [0, 0.05) is 30.6 Å². The quantitative estimate of drug-likeness (QED) is 0.780. The minimum atomic E-state index is -0.0322. The number of para-hydroxylation sites is 1. The molecule has 1 atom stereocenters. The van der Waals surface area contributed by atoms with Crippen LogP contribution in [0, 0.1) is 5.92 Å². The van der Waals surface area contributed by atoms with Gasteiger partial charge >= 0.3 is 0 Å². The number of nitrogens with one attached hydrogen (secondary N) is 1. The monoisotopic (exact) mass is 354 g/mol. The fraction of sp³-hybridized carbons (Fsp3) is 0.409. The van der Waals surface area contributed by atoms with E-state index in [4.69, 9.17) is 4.74 Å². The predicted molar refractivity (Wildman–Crippen MR) is 107 cm³/mol. The number of amides is 1. The lowest BCUT2D eigenvalue weighted by molar-refractivity contribution is -0.137. The fourth-order valence-corrected chi connectivity index (χ4v) is 3.06. The normalized spacial score (nSPS) is 12.1. The summed E-state index contributed by atoms with van der Waals surface area (Å²) >= 11 is 0. The molecule has 2 aromatic carbocycles. The molecule has 2 rings (SSSR count). The van der Waals surface area contributed by atoms with E-state index in [0.29, 0.717) is 13.1 Å². The first-order chi connectivity index (χ1) is 12.5. The summed E-state index contributed by atoms with van der Waals surface area (Å²) in [5, 5.41) is 3.08. The van der Waals surface area contributed by atoms with Crippen molar-refractivity contribution >= 4 is 5.91 Å². The number of carbonyl (C=O) groups excluding carboxylic acids is 1. The van der Waals surface area contributed by atoms with Crippen LogP contribution in [0.5, 0.6) is 5.75 Å². The highest BCUT2D eigenvalue weighted by Gasteiger charge is 2.22. The first-order valence-corrected chi connectivity index (χ1v) is 9.15. The Morgan fingerprint density at radius 2 is 1.73 bits per heavy atom. The second-order valence-electron chi connectivity index (χ2n) is 6.92. The summed E-state index contributed by atoms with van der Waals surface area (Å²) in [5.41, 5.74) is 3.31. The van der Waals surface area contributed by atoms with Crippen molar-refractivity contribution in [2.75, 3.05) is 20.7 Å². The van der Waals surface area contributed by atoms with Crippen molar-refractivity contribution in [3.8, 4) is 16.9 Å². The van der Waals surface area contributed by atoms with Crippen LogP contribution in [0.4, 0.5) is 0 Å². The van der Waals surface area contributed by atoms with E-state index in [-0.39, 0.29) is 17.9 Å². The van der Waals surface area contributed by atoms with Crippen molar-refractivity contribution in [2.24, 2.45) is 5.92 Å². The van der Waals surface area contributed by atoms with Crippen LogP contribution in [-0.4, -0.2) is 37.6 Å². The summed E-state index contributed by atoms with van der Waals surface area (Å²) in [5.74, 6) is 1.01. The average Bonchev–Trinajstić information content (AvgIpc) is 2.66. The molecule has 0 saturated heterocycles. The molecular weight excluding hydrogens is 324 g/mol. The zero-order valence-corrected chi connectivity index (χ0v) is 16.5. The van der Waals surface area contributed by atoms with Gasteiger partial charge in [0.05, 0.1) is 7.11 Å². The zero-order valence-electron chi connectivity index (χ0n) is 16.5. The highest BCUT2D eigenvalue weighted by atomic mass is 16.5. The first kappa shape index (κ1) is 20.0. The lowest BCUT2D eigenvalue weighted by Crippen LogP contribution is -2.42. The number of hydrogen-bond donors (Lipinski definition) is 1. The molecule has 4 heteroatoms. The Morgan fingerprint density at radius 1 is 1.08 bits per heavy atom. The van der Waals surface area contributed by atoms with Gasteiger partial charge in [-0.2, -0.15) is 0 Å². The lowest BCUT2D eigenvalue weighted by Gasteiger charge is -2.29. The number of benzene rings is 2. The summed E-state index contributed by atoms with van der Waals surface area (Å²) in [6.07, 6.45) is 0. The van der Waals surface area contributed by atoms with Crippen molar-refractivity contribution in [3.63, 3.8) is 0 Å². The maximum atomic E-state index is 12.7. The Morgan fingerprint density at radius 3 is 2.31 bits per heavy atom. The van der Waals surface area contributed by atoms with Gasteiger partial charge in [-0.3, -0.25) is 4.79 Å². The molecule has 140 valence electrons. The van der Waals surface area contributed by atoms with Gasteiger partial charge in [0.15, 0.2) is 0 Å². The Bertz CT molecular complexity index is 710. The van der Waals surface area contributed by atoms with Crippen LogP contribution >= 0.6 is 0 Å². The van der Waals surface area contributed by atoms with Gasteiger partial charge < -0.3 is 15.0 Å². The van der Waals surface area contributed by atoms with Gasteiger partial charge in [-0.1, -0.05) is 49.4 Å². The molecule has 1 unspecified atom stereocenters. The molecule has 0 radical (unpaired) electrons. The standard InChI is InChI=1S/C22H30N2O2/c1-16(2)24(22(25)17(3)14-23-4)15-18-10-12-19(13-11-18)20-8-6-7-9-21(20)26-5/h6-13,16-17,23H,14-15H2,1-5H3. The predicted octanol–water partition coefficient (Wildman–Crippen LogP) is 3.95. The van der Waals surface area contributed by atoms with Gasteiger partial charge in [-0.25, -0.2) is 0 Å². The van der Waals surface area contributed by atoms with Crippen molar-refractivity contribution in [3.05, 3.63) is 54.1 Å². The third-order valence-electron chi connectivity index (χ3n) is 4.56. The smallest absolute Gasteiger partial charge is 0.227 e. The number of carbonyl (C=O) groups is 1. The molecule has 0 aromatic heterocycles. The van der Waals surface area contributed by atoms with E-state index in [1.807, 2.05) is 37.1 Å². The van der Waals surface area contributed by atoms with Crippen molar-refractivity contribution in [2.45, 2.75) is 33.4 Å². The van der Waals surface area contributed by atoms with Gasteiger partial charge in [0.25, 0.3) is 0 Å². The minimum Gasteiger partial charge on any atom is -0.496 e. The van der Waals surface area contributed by atoms with E-state index in [9.17, 15) is 4.79 Å². The van der Waals surface area contributed by atoms with Crippen LogP contribution in [0.25, 0.3) is 11.1 Å². The summed E-state index contributed by atoms with van der Waals surface area (Å²) in [7, 11) is 3.56. The molecule has 0 saturated carbocycles. The molecule has 26 heavy (non-hydrogen) atoms. The molecule has 0 heterocycles. The summed E-state index contributed by atoms with van der Waals surface area (Å²) in [6.45, 7) is 7.41. The van der Waals surface area contributed by atoms with Gasteiger partial charge in [-0.15, -0.1) is 0 Å². The van der Waals surface area contributed by atoms with E-state index in [2.05, 4.69) is 49.5 Å². The zero-order chi connectivity index (χ0) is 19.1. The van der Waals surface area contributed by atoms with Crippen LogP contribution in [0.2, 0.25) is 0 Å². The maximum Gasteiger partial charge on any atom is 0.227 e. The Kier molecular flexibility index (Phi) is 7.22. The molecular formula is C22H30N2O2. The number of ether oxygens (including phenoxy) is 1. The minimum absolute atomic E-state index is 0.0322. The molecule has 4 nitrogen and oxygen atoms in total. The number of hydrogen-bond acceptors (Lipinski definition) is 3. The number of rotatable bonds is 8. The first-order valence-electron chi connectivity index (χ1n) is 9.15. The highest BCUT2D eigenvalue weighted by Crippen LogP contribution is 2.29. The van der Waals surface area contributed by atoms with Crippen LogP contribution in [0.3, 0.4) is 0 Å². The molecule has 0 bridgehead atoms. The van der Waals surface area contributed by atoms with Crippen LogP contribution in [0.15, 0.2) is 48.5 Å². The highest BCUT2D eigenvalue weighted by molar-refractivity contribution is 5.79. The molecule has 0 aliphatic carbocycles. The molecule has 1 amide bonds. The van der Waals surface area contributed by atoms with Crippen LogP contribution < -0.4 is 10.1 Å². The number of methoxy groups -OCH3 is 1. The van der Waals surface area contributed by atoms with Crippen molar-refractivity contribution in [1.29, 1.82) is 0 Å². The number of nitrogens with zero attached hydrogens (tertiary/aromatic N) is 1. The lowest BCUT2D eigenvalue weighted by atomic mass is 10.0. The van der Waals surface area contributed by atoms with E-state index in [1.165, 1.54) is 0 Å².